The van der Waals surface area contributed by atoms with E-state index in [0.29, 0.717) is 67.2 Å². The van der Waals surface area contributed by atoms with Crippen molar-refractivity contribution in [3.63, 3.8) is 0 Å². The number of hydrogen-bond donors (Lipinski definition) is 1. The molecule has 1 aliphatic carbocycles. The highest BCUT2D eigenvalue weighted by Gasteiger charge is 2.41. The Bertz CT molecular complexity index is 1640. The minimum atomic E-state index is -0.601. The summed E-state index contributed by atoms with van der Waals surface area (Å²) in [4.78, 5) is 44.5. The number of ether oxygens (including phenoxy) is 1. The lowest BCUT2D eigenvalue weighted by atomic mass is 9.83. The predicted octanol–water partition coefficient (Wildman–Crippen LogP) is 4.05. The van der Waals surface area contributed by atoms with Crippen LogP contribution < -0.4 is 15.4 Å². The van der Waals surface area contributed by atoms with E-state index in [0.717, 1.165) is 37.3 Å². The van der Waals surface area contributed by atoms with Gasteiger partial charge in [0.25, 0.3) is 5.91 Å². The molecule has 1 aromatic heterocycles. The van der Waals surface area contributed by atoms with E-state index < -0.39 is 5.91 Å². The van der Waals surface area contributed by atoms with E-state index >= 15 is 0 Å². The normalized spacial score (nSPS) is 22.4. The van der Waals surface area contributed by atoms with Crippen LogP contribution in [0.1, 0.15) is 71.6 Å². The molecule has 3 amide bonds. The first-order valence-corrected chi connectivity index (χ1v) is 16.1. The van der Waals surface area contributed by atoms with E-state index in [-0.39, 0.29) is 35.6 Å². The third kappa shape index (κ3) is 6.83. The molecule has 0 radical (unpaired) electrons. The van der Waals surface area contributed by atoms with Crippen LogP contribution in [0.2, 0.25) is 5.02 Å². The van der Waals surface area contributed by atoms with Crippen LogP contribution in [0.15, 0.2) is 54.6 Å². The summed E-state index contributed by atoms with van der Waals surface area (Å²) in [6.45, 7) is 3.81. The van der Waals surface area contributed by atoms with Crippen molar-refractivity contribution in [2.45, 2.75) is 63.1 Å². The number of likely N-dealkylation sites (tertiary alicyclic amines) is 1. The van der Waals surface area contributed by atoms with Crippen molar-refractivity contribution in [1.29, 1.82) is 5.26 Å². The summed E-state index contributed by atoms with van der Waals surface area (Å²) in [6.07, 6.45) is 3.60. The van der Waals surface area contributed by atoms with Gasteiger partial charge in [-0.3, -0.25) is 24.2 Å². The molecule has 3 aliphatic rings. The van der Waals surface area contributed by atoms with Crippen molar-refractivity contribution in [2.24, 2.45) is 5.73 Å². The lowest BCUT2D eigenvalue weighted by Crippen LogP contribution is -2.51. The molecule has 2 N–H and O–H groups in total. The molecule has 1 saturated carbocycles. The second-order valence-corrected chi connectivity index (χ2v) is 12.5. The van der Waals surface area contributed by atoms with E-state index in [1.54, 1.807) is 35.2 Å². The number of amides is 3. The lowest BCUT2D eigenvalue weighted by Gasteiger charge is -2.40. The summed E-state index contributed by atoms with van der Waals surface area (Å²) in [5.41, 5.74) is 7.93. The molecule has 1 unspecified atom stereocenters. The molecular formula is C34H36ClN7O4. The highest BCUT2D eigenvalue weighted by molar-refractivity contribution is 6.31. The van der Waals surface area contributed by atoms with Crippen molar-refractivity contribution < 1.29 is 19.1 Å². The molecule has 6 rings (SSSR count). The van der Waals surface area contributed by atoms with Crippen LogP contribution in [0.4, 0.5) is 5.82 Å². The Hall–Kier alpha value is -4.53. The van der Waals surface area contributed by atoms with Gasteiger partial charge in [-0.05, 0) is 67.5 Å². The Balaban J connectivity index is 1.07. The molecule has 0 bridgehead atoms. The summed E-state index contributed by atoms with van der Waals surface area (Å²) < 4.78 is 6.14. The molecule has 2 aliphatic heterocycles. The Morgan fingerprint density at radius 3 is 2.41 bits per heavy atom. The maximum absolute atomic E-state index is 14.0. The smallest absolute Gasteiger partial charge is 0.269 e. The van der Waals surface area contributed by atoms with Crippen LogP contribution in [0, 0.1) is 11.3 Å². The number of benzene rings is 2. The zero-order valence-corrected chi connectivity index (χ0v) is 26.2. The van der Waals surface area contributed by atoms with Gasteiger partial charge in [0.1, 0.15) is 11.8 Å². The first kappa shape index (κ1) is 31.5. The molecule has 2 saturated heterocycles. The highest BCUT2D eigenvalue weighted by atomic mass is 35.5. The van der Waals surface area contributed by atoms with E-state index in [2.05, 4.69) is 32.1 Å². The maximum atomic E-state index is 14.0. The highest BCUT2D eigenvalue weighted by Crippen LogP contribution is 2.36. The number of anilines is 1. The molecule has 12 heteroatoms. The summed E-state index contributed by atoms with van der Waals surface area (Å²) in [5.74, 6) is 0.171. The second-order valence-electron chi connectivity index (χ2n) is 12.1. The van der Waals surface area contributed by atoms with Crippen LogP contribution in [0.25, 0.3) is 0 Å². The van der Waals surface area contributed by atoms with Crippen LogP contribution in [-0.4, -0.2) is 76.0 Å². The van der Waals surface area contributed by atoms with Gasteiger partial charge in [-0.1, -0.05) is 35.9 Å². The number of carbonyl (C=O) groups is 3. The summed E-state index contributed by atoms with van der Waals surface area (Å²) in [7, 11) is 0. The lowest BCUT2D eigenvalue weighted by molar-refractivity contribution is -0.153. The van der Waals surface area contributed by atoms with Gasteiger partial charge in [-0.25, -0.2) is 0 Å². The second kappa shape index (κ2) is 13.8. The number of aromatic nitrogens is 2. The first-order chi connectivity index (χ1) is 22.3. The average Bonchev–Trinajstić information content (AvgIpc) is 3.07. The number of nitrogens with zero attached hydrogens (tertiary/aromatic N) is 6. The standard InChI is InChI=1S/C34H36ClN7O4/c35-29-19-26(8-5-22(29)20-36)46-25-9-6-24(7-10-25)42-32(43)14-11-28(34(42)45)27-4-2-1-3-23(27)21-40-15-17-41(18-16-40)31-13-12-30(33(37)44)38-39-31/h1-5,8,12-13,19,24-25,28H,6-7,9-11,14-18,21H2,(H2,37,44). The minimum Gasteiger partial charge on any atom is -0.490 e. The third-order valence-corrected chi connectivity index (χ3v) is 9.56. The molecule has 46 heavy (non-hydrogen) atoms. The number of primary amides is 1. The van der Waals surface area contributed by atoms with Gasteiger partial charge in [0, 0.05) is 51.3 Å². The van der Waals surface area contributed by atoms with Crippen LogP contribution >= 0.6 is 11.6 Å². The minimum absolute atomic E-state index is 0.0474. The van der Waals surface area contributed by atoms with Gasteiger partial charge in [-0.15, -0.1) is 10.2 Å². The number of nitriles is 1. The average molecular weight is 642 g/mol. The zero-order valence-electron chi connectivity index (χ0n) is 25.5. The Morgan fingerprint density at radius 2 is 1.74 bits per heavy atom. The largest absolute Gasteiger partial charge is 0.490 e. The molecule has 238 valence electrons. The van der Waals surface area contributed by atoms with Gasteiger partial charge in [0.05, 0.1) is 22.6 Å². The monoisotopic (exact) mass is 641 g/mol. The van der Waals surface area contributed by atoms with Gasteiger partial charge in [-0.2, -0.15) is 5.26 Å². The molecule has 1 atom stereocenters. The predicted molar refractivity (Wildman–Crippen MR) is 171 cm³/mol. The van der Waals surface area contributed by atoms with E-state index in [1.807, 2.05) is 18.2 Å². The van der Waals surface area contributed by atoms with Gasteiger partial charge in [0.2, 0.25) is 11.8 Å². The number of imide groups is 1. The van der Waals surface area contributed by atoms with Gasteiger partial charge < -0.3 is 15.4 Å². The third-order valence-electron chi connectivity index (χ3n) is 9.25. The quantitative estimate of drug-likeness (QED) is 0.360. The van der Waals surface area contributed by atoms with Crippen molar-refractivity contribution in [3.05, 3.63) is 82.0 Å². The Morgan fingerprint density at radius 1 is 0.978 bits per heavy atom. The van der Waals surface area contributed by atoms with Crippen molar-refractivity contribution in [2.75, 3.05) is 31.1 Å². The van der Waals surface area contributed by atoms with Crippen molar-refractivity contribution in [1.82, 2.24) is 20.0 Å². The van der Waals surface area contributed by atoms with E-state index in [4.69, 9.17) is 27.3 Å². The van der Waals surface area contributed by atoms with E-state index in [9.17, 15) is 14.4 Å². The molecular weight excluding hydrogens is 606 g/mol. The zero-order chi connectivity index (χ0) is 32.2. The number of carbonyl (C=O) groups excluding carboxylic acids is 3. The number of rotatable bonds is 8. The Labute approximate surface area is 272 Å². The molecule has 2 aromatic carbocycles. The van der Waals surface area contributed by atoms with Gasteiger partial charge >= 0.3 is 0 Å². The van der Waals surface area contributed by atoms with Crippen LogP contribution in [-0.2, 0) is 16.1 Å². The summed E-state index contributed by atoms with van der Waals surface area (Å²) in [5, 5.41) is 17.6. The van der Waals surface area contributed by atoms with Crippen LogP contribution in [0.5, 0.6) is 5.75 Å². The number of nitrogens with two attached hydrogens (primary N) is 1. The molecule has 11 nitrogen and oxygen atoms in total. The van der Waals surface area contributed by atoms with Crippen molar-refractivity contribution in [3.8, 4) is 11.8 Å². The topological polar surface area (TPSA) is 146 Å². The summed E-state index contributed by atoms with van der Waals surface area (Å²) >= 11 is 6.17. The van der Waals surface area contributed by atoms with E-state index in [1.165, 1.54) is 0 Å². The Kier molecular flexibility index (Phi) is 9.47. The fraction of sp³-hybridized carbons (Fsp3) is 0.412. The fourth-order valence-electron chi connectivity index (χ4n) is 6.77. The van der Waals surface area contributed by atoms with Crippen LogP contribution in [0.3, 0.4) is 0 Å². The molecule has 3 aromatic rings. The van der Waals surface area contributed by atoms with Gasteiger partial charge in [0.15, 0.2) is 11.5 Å². The number of piperidine rings is 1. The first-order valence-electron chi connectivity index (χ1n) is 15.7. The molecule has 3 fully saturated rings. The SMILES string of the molecule is N#Cc1ccc(OC2CCC(N3C(=O)CCC(c4ccccc4CN4CCN(c5ccc(C(N)=O)nn5)CC4)C3=O)CC2)cc1Cl. The number of halogens is 1. The number of piperazine rings is 1. The number of hydrogen-bond acceptors (Lipinski definition) is 9. The maximum Gasteiger partial charge on any atom is 0.269 e. The molecule has 0 spiro atoms. The molecule has 3 heterocycles. The fourth-order valence-corrected chi connectivity index (χ4v) is 6.98. The van der Waals surface area contributed by atoms with Crippen molar-refractivity contribution >= 4 is 35.1 Å². The summed E-state index contributed by atoms with van der Waals surface area (Å²) in [6, 6.07) is 18.4.